The summed E-state index contributed by atoms with van der Waals surface area (Å²) in [5.41, 5.74) is -0.739. The molecule has 0 fully saturated rings. The van der Waals surface area contributed by atoms with E-state index in [0.29, 0.717) is 17.2 Å². The van der Waals surface area contributed by atoms with Crippen LogP contribution in [-0.4, -0.2) is 14.8 Å². The van der Waals surface area contributed by atoms with Crippen LogP contribution in [0.2, 0.25) is 0 Å². The van der Waals surface area contributed by atoms with E-state index in [4.69, 9.17) is 11.6 Å². The fourth-order valence-electron chi connectivity index (χ4n) is 2.13. The quantitative estimate of drug-likeness (QED) is 0.766. The second-order valence-electron chi connectivity index (χ2n) is 5.66. The standard InChI is InChI=1S/C14H15ClF3N3/c1-13(2,3)21-11(8-15)19-20-12(21)9-5-4-6-10(7-9)14(16,17)18/h4-7H,8H2,1-3H3. The molecule has 0 spiro atoms. The Kier molecular flexibility index (Phi) is 4.02. The van der Waals surface area contributed by atoms with Crippen molar-refractivity contribution in [2.45, 2.75) is 38.4 Å². The smallest absolute Gasteiger partial charge is 0.305 e. The van der Waals surface area contributed by atoms with Crippen LogP contribution in [0.3, 0.4) is 0 Å². The van der Waals surface area contributed by atoms with Crippen LogP contribution in [0, 0.1) is 0 Å². The number of halogens is 4. The van der Waals surface area contributed by atoms with Gasteiger partial charge < -0.3 is 4.57 Å². The lowest BCUT2D eigenvalue weighted by Gasteiger charge is -2.24. The molecule has 1 heterocycles. The van der Waals surface area contributed by atoms with Gasteiger partial charge in [0.2, 0.25) is 0 Å². The molecule has 3 nitrogen and oxygen atoms in total. The Bertz CT molecular complexity index is 642. The van der Waals surface area contributed by atoms with Crippen molar-refractivity contribution in [3.05, 3.63) is 35.7 Å². The van der Waals surface area contributed by atoms with Gasteiger partial charge in [-0.2, -0.15) is 13.2 Å². The van der Waals surface area contributed by atoms with E-state index in [-0.39, 0.29) is 5.88 Å². The van der Waals surface area contributed by atoms with Crippen LogP contribution in [0.5, 0.6) is 0 Å². The average molecular weight is 318 g/mol. The zero-order valence-corrected chi connectivity index (χ0v) is 12.6. The minimum atomic E-state index is -4.39. The van der Waals surface area contributed by atoms with Crippen molar-refractivity contribution in [2.24, 2.45) is 0 Å². The first kappa shape index (κ1) is 15.8. The van der Waals surface area contributed by atoms with Crippen molar-refractivity contribution in [2.75, 3.05) is 0 Å². The molecule has 7 heteroatoms. The van der Waals surface area contributed by atoms with Crippen LogP contribution in [-0.2, 0) is 17.6 Å². The van der Waals surface area contributed by atoms with E-state index in [0.717, 1.165) is 12.1 Å². The Balaban J connectivity index is 2.61. The number of alkyl halides is 4. The van der Waals surface area contributed by atoms with E-state index in [9.17, 15) is 13.2 Å². The van der Waals surface area contributed by atoms with Crippen molar-refractivity contribution in [3.8, 4) is 11.4 Å². The SMILES string of the molecule is CC(C)(C)n1c(CCl)nnc1-c1cccc(C(F)(F)F)c1. The molecular formula is C14H15ClF3N3. The molecule has 0 aliphatic carbocycles. The number of hydrogen-bond donors (Lipinski definition) is 0. The summed E-state index contributed by atoms with van der Waals surface area (Å²) < 4.78 is 40.2. The minimum Gasteiger partial charge on any atom is -0.305 e. The van der Waals surface area contributed by atoms with Gasteiger partial charge in [0.1, 0.15) is 5.82 Å². The van der Waals surface area contributed by atoms with Crippen molar-refractivity contribution >= 4 is 11.6 Å². The summed E-state index contributed by atoms with van der Waals surface area (Å²) in [6.07, 6.45) is -4.39. The summed E-state index contributed by atoms with van der Waals surface area (Å²) in [7, 11) is 0. The first-order valence-corrected chi connectivity index (χ1v) is 6.86. The average Bonchev–Trinajstić information content (AvgIpc) is 2.81. The highest BCUT2D eigenvalue weighted by molar-refractivity contribution is 6.16. The molecule has 114 valence electrons. The van der Waals surface area contributed by atoms with Gasteiger partial charge in [-0.15, -0.1) is 21.8 Å². The minimum absolute atomic E-state index is 0.142. The molecule has 2 rings (SSSR count). The van der Waals surface area contributed by atoms with E-state index in [1.54, 1.807) is 10.6 Å². The number of benzene rings is 1. The Morgan fingerprint density at radius 3 is 2.33 bits per heavy atom. The molecule has 0 aliphatic heterocycles. The van der Waals surface area contributed by atoms with Gasteiger partial charge >= 0.3 is 6.18 Å². The Labute approximate surface area is 125 Å². The van der Waals surface area contributed by atoms with Gasteiger partial charge in [0.15, 0.2) is 5.82 Å². The summed E-state index contributed by atoms with van der Waals surface area (Å²) >= 11 is 5.84. The van der Waals surface area contributed by atoms with Gasteiger partial charge in [0, 0.05) is 11.1 Å². The second-order valence-corrected chi connectivity index (χ2v) is 5.93. The van der Waals surface area contributed by atoms with Crippen LogP contribution in [0.4, 0.5) is 13.2 Å². The van der Waals surface area contributed by atoms with E-state index in [2.05, 4.69) is 10.2 Å². The van der Waals surface area contributed by atoms with Gasteiger partial charge in [-0.1, -0.05) is 12.1 Å². The predicted molar refractivity (Wildman–Crippen MR) is 75.0 cm³/mol. The first-order valence-electron chi connectivity index (χ1n) is 6.33. The lowest BCUT2D eigenvalue weighted by atomic mass is 10.1. The first-order chi connectivity index (χ1) is 9.64. The summed E-state index contributed by atoms with van der Waals surface area (Å²) in [6.45, 7) is 5.76. The molecule has 0 unspecified atom stereocenters. The fraction of sp³-hybridized carbons (Fsp3) is 0.429. The molecule has 0 saturated heterocycles. The van der Waals surface area contributed by atoms with Crippen LogP contribution >= 0.6 is 11.6 Å². The highest BCUT2D eigenvalue weighted by Crippen LogP contribution is 2.33. The van der Waals surface area contributed by atoms with Gasteiger partial charge in [0.05, 0.1) is 11.4 Å². The highest BCUT2D eigenvalue weighted by atomic mass is 35.5. The fourth-order valence-corrected chi connectivity index (χ4v) is 2.30. The van der Waals surface area contributed by atoms with Gasteiger partial charge in [-0.25, -0.2) is 0 Å². The van der Waals surface area contributed by atoms with Gasteiger partial charge in [0.25, 0.3) is 0 Å². The molecule has 2 aromatic rings. The monoisotopic (exact) mass is 317 g/mol. The molecule has 0 N–H and O–H groups in total. The molecule has 0 radical (unpaired) electrons. The molecule has 1 aromatic heterocycles. The summed E-state index contributed by atoms with van der Waals surface area (Å²) in [5.74, 6) is 1.05. The van der Waals surface area contributed by atoms with Gasteiger partial charge in [-0.3, -0.25) is 0 Å². The largest absolute Gasteiger partial charge is 0.416 e. The molecule has 0 amide bonds. The zero-order valence-electron chi connectivity index (χ0n) is 11.9. The van der Waals surface area contributed by atoms with E-state index >= 15 is 0 Å². The molecular weight excluding hydrogens is 303 g/mol. The molecule has 0 aliphatic rings. The number of nitrogens with zero attached hydrogens (tertiary/aromatic N) is 3. The van der Waals surface area contributed by atoms with Crippen LogP contribution in [0.1, 0.15) is 32.2 Å². The lowest BCUT2D eigenvalue weighted by Crippen LogP contribution is -2.24. The third-order valence-electron chi connectivity index (χ3n) is 2.97. The molecule has 0 bridgehead atoms. The normalized spacial score (nSPS) is 12.7. The lowest BCUT2D eigenvalue weighted by molar-refractivity contribution is -0.137. The molecule has 21 heavy (non-hydrogen) atoms. The topological polar surface area (TPSA) is 30.7 Å². The highest BCUT2D eigenvalue weighted by Gasteiger charge is 2.31. The van der Waals surface area contributed by atoms with Crippen LogP contribution in [0.25, 0.3) is 11.4 Å². The molecule has 0 atom stereocenters. The van der Waals surface area contributed by atoms with E-state index in [1.807, 2.05) is 20.8 Å². The summed E-state index contributed by atoms with van der Waals surface area (Å²) in [6, 6.07) is 5.05. The predicted octanol–water partition coefficient (Wildman–Crippen LogP) is 4.46. The third kappa shape index (κ3) is 3.20. The number of aromatic nitrogens is 3. The van der Waals surface area contributed by atoms with Crippen LogP contribution in [0.15, 0.2) is 24.3 Å². The Hall–Kier alpha value is -1.56. The van der Waals surface area contributed by atoms with Crippen molar-refractivity contribution < 1.29 is 13.2 Å². The van der Waals surface area contributed by atoms with E-state index < -0.39 is 17.3 Å². The summed E-state index contributed by atoms with van der Waals surface area (Å²) in [4.78, 5) is 0. The van der Waals surface area contributed by atoms with Crippen molar-refractivity contribution in [1.29, 1.82) is 0 Å². The van der Waals surface area contributed by atoms with Gasteiger partial charge in [-0.05, 0) is 32.9 Å². The maximum atomic E-state index is 12.8. The number of hydrogen-bond acceptors (Lipinski definition) is 2. The van der Waals surface area contributed by atoms with Crippen LogP contribution < -0.4 is 0 Å². The zero-order chi connectivity index (χ0) is 15.8. The van der Waals surface area contributed by atoms with E-state index in [1.165, 1.54) is 6.07 Å². The maximum absolute atomic E-state index is 12.8. The third-order valence-corrected chi connectivity index (χ3v) is 3.21. The second kappa shape index (κ2) is 5.33. The molecule has 1 aromatic carbocycles. The number of rotatable bonds is 2. The maximum Gasteiger partial charge on any atom is 0.416 e. The Morgan fingerprint density at radius 2 is 1.81 bits per heavy atom. The van der Waals surface area contributed by atoms with Crippen molar-refractivity contribution in [1.82, 2.24) is 14.8 Å². The molecule has 0 saturated carbocycles. The Morgan fingerprint density at radius 1 is 1.14 bits per heavy atom. The van der Waals surface area contributed by atoms with Crippen molar-refractivity contribution in [3.63, 3.8) is 0 Å². The summed E-state index contributed by atoms with van der Waals surface area (Å²) in [5, 5.41) is 7.98.